The number of hydrogen-bond donors (Lipinski definition) is 2. The van der Waals surface area contributed by atoms with E-state index in [1.54, 1.807) is 25.1 Å². The summed E-state index contributed by atoms with van der Waals surface area (Å²) in [5, 5.41) is 18.9. The maximum absolute atomic E-state index is 11.1. The molecule has 1 aromatic carbocycles. The van der Waals surface area contributed by atoms with E-state index in [9.17, 15) is 15.0 Å². The Kier molecular flexibility index (Phi) is 2.80. The van der Waals surface area contributed by atoms with Gasteiger partial charge in [0.1, 0.15) is 0 Å². The fraction of sp³-hybridized carbons (Fsp3) is 0.300. The summed E-state index contributed by atoms with van der Waals surface area (Å²) in [5.74, 6) is -2.94. The van der Waals surface area contributed by atoms with Gasteiger partial charge in [0.15, 0.2) is 5.78 Å². The number of rotatable bonds is 3. The van der Waals surface area contributed by atoms with Crippen molar-refractivity contribution in [3.63, 3.8) is 0 Å². The summed E-state index contributed by atoms with van der Waals surface area (Å²) < 4.78 is 0. The van der Waals surface area contributed by atoms with Crippen molar-refractivity contribution in [3.05, 3.63) is 35.9 Å². The zero-order chi connectivity index (χ0) is 9.90. The first kappa shape index (κ1) is 9.89. The molecular weight excluding hydrogens is 168 g/mol. The van der Waals surface area contributed by atoms with Crippen molar-refractivity contribution in [2.75, 3.05) is 0 Å². The van der Waals surface area contributed by atoms with Crippen molar-refractivity contribution < 1.29 is 15.0 Å². The highest BCUT2D eigenvalue weighted by Crippen LogP contribution is 2.19. The van der Waals surface area contributed by atoms with Crippen LogP contribution in [0, 0.1) is 0 Å². The lowest BCUT2D eigenvalue weighted by Crippen LogP contribution is -2.34. The fourth-order valence-electron chi connectivity index (χ4n) is 1.08. The molecule has 13 heavy (non-hydrogen) atoms. The average molecular weight is 180 g/mol. The van der Waals surface area contributed by atoms with Crippen LogP contribution in [0.25, 0.3) is 0 Å². The second kappa shape index (κ2) is 3.68. The van der Waals surface area contributed by atoms with Crippen LogP contribution in [0.15, 0.2) is 30.3 Å². The summed E-state index contributed by atoms with van der Waals surface area (Å²) in [4.78, 5) is 11.1. The molecule has 0 aliphatic carbocycles. The summed E-state index contributed by atoms with van der Waals surface area (Å²) in [7, 11) is 0. The SMILES string of the molecule is CCC(=O)C(O)(O)c1ccccc1. The molecule has 0 saturated carbocycles. The molecule has 0 aliphatic heterocycles. The third-order valence-corrected chi connectivity index (χ3v) is 1.89. The zero-order valence-corrected chi connectivity index (χ0v) is 7.40. The summed E-state index contributed by atoms with van der Waals surface area (Å²) in [6.45, 7) is 1.59. The van der Waals surface area contributed by atoms with E-state index < -0.39 is 11.6 Å². The maximum Gasteiger partial charge on any atom is 0.251 e. The molecule has 0 aromatic heterocycles. The molecule has 2 N–H and O–H groups in total. The minimum absolute atomic E-state index is 0.0991. The lowest BCUT2D eigenvalue weighted by atomic mass is 10.0. The van der Waals surface area contributed by atoms with Gasteiger partial charge in [-0.3, -0.25) is 4.79 Å². The highest BCUT2D eigenvalue weighted by Gasteiger charge is 2.33. The largest absolute Gasteiger partial charge is 0.356 e. The second-order valence-electron chi connectivity index (χ2n) is 2.81. The third kappa shape index (κ3) is 1.94. The van der Waals surface area contributed by atoms with Gasteiger partial charge in [0.2, 0.25) is 0 Å². The summed E-state index contributed by atoms with van der Waals surface area (Å²) >= 11 is 0. The second-order valence-corrected chi connectivity index (χ2v) is 2.81. The average Bonchev–Trinajstić information content (AvgIpc) is 2.18. The minimum atomic E-state index is -2.34. The third-order valence-electron chi connectivity index (χ3n) is 1.89. The number of Topliss-reactive ketones (excluding diaryl/α,β-unsaturated/α-hetero) is 1. The molecule has 0 radical (unpaired) electrons. The van der Waals surface area contributed by atoms with E-state index in [1.165, 1.54) is 12.1 Å². The quantitative estimate of drug-likeness (QED) is 0.676. The molecule has 0 heterocycles. The van der Waals surface area contributed by atoms with Crippen LogP contribution in [0.3, 0.4) is 0 Å². The Morgan fingerprint density at radius 1 is 1.31 bits per heavy atom. The molecule has 0 spiro atoms. The van der Waals surface area contributed by atoms with Crippen LogP contribution in [0.1, 0.15) is 18.9 Å². The number of carbonyl (C=O) groups excluding carboxylic acids is 1. The normalized spacial score (nSPS) is 11.3. The van der Waals surface area contributed by atoms with Crippen LogP contribution in [-0.4, -0.2) is 16.0 Å². The highest BCUT2D eigenvalue weighted by atomic mass is 16.5. The number of carbonyl (C=O) groups is 1. The number of benzene rings is 1. The van der Waals surface area contributed by atoms with Crippen molar-refractivity contribution in [3.8, 4) is 0 Å². The first-order chi connectivity index (χ1) is 6.09. The molecule has 70 valence electrons. The van der Waals surface area contributed by atoms with Crippen LogP contribution in [0.2, 0.25) is 0 Å². The van der Waals surface area contributed by atoms with Crippen molar-refractivity contribution in [1.82, 2.24) is 0 Å². The molecule has 0 bridgehead atoms. The Bertz CT molecular complexity index is 290. The lowest BCUT2D eigenvalue weighted by Gasteiger charge is -2.19. The number of hydrogen-bond acceptors (Lipinski definition) is 3. The van der Waals surface area contributed by atoms with E-state index in [4.69, 9.17) is 0 Å². The summed E-state index contributed by atoms with van der Waals surface area (Å²) in [6, 6.07) is 8.07. The van der Waals surface area contributed by atoms with Crippen LogP contribution in [0.5, 0.6) is 0 Å². The topological polar surface area (TPSA) is 57.5 Å². The number of ketones is 1. The van der Waals surface area contributed by atoms with Gasteiger partial charge in [-0.15, -0.1) is 0 Å². The molecule has 1 aromatic rings. The van der Waals surface area contributed by atoms with Crippen molar-refractivity contribution in [2.45, 2.75) is 19.1 Å². The van der Waals surface area contributed by atoms with Crippen molar-refractivity contribution in [2.24, 2.45) is 0 Å². The summed E-state index contributed by atoms with van der Waals surface area (Å²) in [5.41, 5.74) is 0.210. The molecule has 0 atom stereocenters. The smallest absolute Gasteiger partial charge is 0.251 e. The molecule has 0 unspecified atom stereocenters. The predicted octanol–water partition coefficient (Wildman–Crippen LogP) is 0.803. The molecule has 3 nitrogen and oxygen atoms in total. The van der Waals surface area contributed by atoms with Crippen LogP contribution in [-0.2, 0) is 10.6 Å². The van der Waals surface area contributed by atoms with Gasteiger partial charge in [-0.05, 0) is 0 Å². The molecular formula is C10H12O3. The fourth-order valence-corrected chi connectivity index (χ4v) is 1.08. The van der Waals surface area contributed by atoms with Gasteiger partial charge in [-0.25, -0.2) is 0 Å². The molecule has 0 aliphatic rings. The van der Waals surface area contributed by atoms with Gasteiger partial charge in [0.25, 0.3) is 5.79 Å². The summed E-state index contributed by atoms with van der Waals surface area (Å²) in [6.07, 6.45) is 0.0991. The standard InChI is InChI=1S/C10H12O3/c1-2-9(11)10(12,13)8-6-4-3-5-7-8/h3-7,12-13H,2H2,1H3. The highest BCUT2D eigenvalue weighted by molar-refractivity contribution is 5.86. The Morgan fingerprint density at radius 3 is 2.31 bits per heavy atom. The predicted molar refractivity (Wildman–Crippen MR) is 47.9 cm³/mol. The monoisotopic (exact) mass is 180 g/mol. The van der Waals surface area contributed by atoms with E-state index in [0.29, 0.717) is 0 Å². The van der Waals surface area contributed by atoms with Gasteiger partial charge < -0.3 is 10.2 Å². The maximum atomic E-state index is 11.1. The number of aliphatic hydroxyl groups is 2. The Labute approximate surface area is 76.6 Å². The molecule has 1 rings (SSSR count). The first-order valence-electron chi connectivity index (χ1n) is 4.12. The van der Waals surface area contributed by atoms with E-state index in [2.05, 4.69) is 0 Å². The van der Waals surface area contributed by atoms with E-state index in [-0.39, 0.29) is 12.0 Å². The van der Waals surface area contributed by atoms with Gasteiger partial charge in [0.05, 0.1) is 0 Å². The van der Waals surface area contributed by atoms with Crippen molar-refractivity contribution >= 4 is 5.78 Å². The molecule has 0 fully saturated rings. The molecule has 0 saturated heterocycles. The van der Waals surface area contributed by atoms with Gasteiger partial charge in [-0.2, -0.15) is 0 Å². The van der Waals surface area contributed by atoms with Gasteiger partial charge in [0, 0.05) is 12.0 Å². The minimum Gasteiger partial charge on any atom is -0.356 e. The zero-order valence-electron chi connectivity index (χ0n) is 7.40. The van der Waals surface area contributed by atoms with Crippen LogP contribution >= 0.6 is 0 Å². The van der Waals surface area contributed by atoms with E-state index in [1.807, 2.05) is 0 Å². The van der Waals surface area contributed by atoms with E-state index in [0.717, 1.165) is 0 Å². The lowest BCUT2D eigenvalue weighted by molar-refractivity contribution is -0.187. The van der Waals surface area contributed by atoms with E-state index >= 15 is 0 Å². The van der Waals surface area contributed by atoms with Crippen molar-refractivity contribution in [1.29, 1.82) is 0 Å². The first-order valence-corrected chi connectivity index (χ1v) is 4.12. The van der Waals surface area contributed by atoms with Gasteiger partial charge >= 0.3 is 0 Å². The van der Waals surface area contributed by atoms with Crippen LogP contribution in [0.4, 0.5) is 0 Å². The Morgan fingerprint density at radius 2 is 1.85 bits per heavy atom. The van der Waals surface area contributed by atoms with Crippen LogP contribution < -0.4 is 0 Å². The Balaban J connectivity index is 3.00. The molecule has 0 amide bonds. The Hall–Kier alpha value is -1.19. The van der Waals surface area contributed by atoms with Gasteiger partial charge in [-0.1, -0.05) is 37.3 Å². The molecule has 3 heteroatoms.